The van der Waals surface area contributed by atoms with Gasteiger partial charge in [0.25, 0.3) is 0 Å². The highest BCUT2D eigenvalue weighted by Gasteiger charge is 2.29. The van der Waals surface area contributed by atoms with Crippen LogP contribution in [0, 0.1) is 11.8 Å². The third kappa shape index (κ3) is 5.02. The Morgan fingerprint density at radius 3 is 2.75 bits per heavy atom. The standard InChI is InChI=1S/C15H28N2O3/c1-4-5-8-16(3)15(20)17-9-6-7-13(11-17)12(2)10-14(18)19/h12-13H,4-11H2,1-3H3,(H,18,19). The molecule has 1 heterocycles. The Morgan fingerprint density at radius 2 is 2.15 bits per heavy atom. The highest BCUT2D eigenvalue weighted by molar-refractivity contribution is 5.74. The molecule has 0 aromatic heterocycles. The highest BCUT2D eigenvalue weighted by atomic mass is 16.4. The molecule has 1 rings (SSSR count). The Balaban J connectivity index is 2.51. The van der Waals surface area contributed by atoms with Crippen LogP contribution in [0.4, 0.5) is 4.79 Å². The molecule has 0 aliphatic carbocycles. The van der Waals surface area contributed by atoms with E-state index in [2.05, 4.69) is 6.92 Å². The van der Waals surface area contributed by atoms with E-state index in [1.54, 1.807) is 4.90 Å². The van der Waals surface area contributed by atoms with Gasteiger partial charge in [0.15, 0.2) is 0 Å². The van der Waals surface area contributed by atoms with Crippen LogP contribution in [0.5, 0.6) is 0 Å². The number of piperidine rings is 1. The number of aliphatic carboxylic acids is 1. The number of carbonyl (C=O) groups is 2. The van der Waals surface area contributed by atoms with Crippen molar-refractivity contribution in [1.29, 1.82) is 0 Å². The second-order valence-corrected chi connectivity index (χ2v) is 5.98. The van der Waals surface area contributed by atoms with Gasteiger partial charge in [0.1, 0.15) is 0 Å². The van der Waals surface area contributed by atoms with Crippen molar-refractivity contribution in [2.24, 2.45) is 11.8 Å². The zero-order chi connectivity index (χ0) is 15.1. The molecule has 0 aromatic rings. The van der Waals surface area contributed by atoms with Gasteiger partial charge in [0.2, 0.25) is 0 Å². The van der Waals surface area contributed by atoms with Gasteiger partial charge in [-0.2, -0.15) is 0 Å². The first-order valence-electron chi connectivity index (χ1n) is 7.67. The van der Waals surface area contributed by atoms with Gasteiger partial charge in [-0.1, -0.05) is 20.3 Å². The smallest absolute Gasteiger partial charge is 0.319 e. The number of amides is 2. The Hall–Kier alpha value is -1.26. The minimum Gasteiger partial charge on any atom is -0.481 e. The fraction of sp³-hybridized carbons (Fsp3) is 0.867. The maximum Gasteiger partial charge on any atom is 0.319 e. The van der Waals surface area contributed by atoms with E-state index in [4.69, 9.17) is 5.11 Å². The number of urea groups is 1. The number of carboxylic acids is 1. The van der Waals surface area contributed by atoms with Gasteiger partial charge in [0, 0.05) is 33.1 Å². The monoisotopic (exact) mass is 284 g/mol. The summed E-state index contributed by atoms with van der Waals surface area (Å²) < 4.78 is 0. The van der Waals surface area contributed by atoms with Crippen molar-refractivity contribution in [3.8, 4) is 0 Å². The summed E-state index contributed by atoms with van der Waals surface area (Å²) in [6, 6.07) is 0.0886. The van der Waals surface area contributed by atoms with Crippen LogP contribution in [0.25, 0.3) is 0 Å². The first-order valence-corrected chi connectivity index (χ1v) is 7.67. The summed E-state index contributed by atoms with van der Waals surface area (Å²) in [4.78, 5) is 26.8. The van der Waals surface area contributed by atoms with E-state index in [0.717, 1.165) is 38.8 Å². The second kappa shape index (κ2) is 8.12. The molecular weight excluding hydrogens is 256 g/mol. The van der Waals surface area contributed by atoms with Gasteiger partial charge in [-0.3, -0.25) is 4.79 Å². The minimum absolute atomic E-state index is 0.0886. The molecule has 0 spiro atoms. The summed E-state index contributed by atoms with van der Waals surface area (Å²) >= 11 is 0. The molecule has 0 radical (unpaired) electrons. The fourth-order valence-electron chi connectivity index (χ4n) is 2.82. The van der Waals surface area contributed by atoms with Crippen LogP contribution in [0.1, 0.15) is 46.0 Å². The fourth-order valence-corrected chi connectivity index (χ4v) is 2.82. The Bertz CT molecular complexity index is 333. The molecule has 1 fully saturated rings. The van der Waals surface area contributed by atoms with Crippen molar-refractivity contribution in [3.63, 3.8) is 0 Å². The van der Waals surface area contributed by atoms with Crippen LogP contribution in [-0.2, 0) is 4.79 Å². The molecular formula is C15H28N2O3. The van der Waals surface area contributed by atoms with Crippen molar-refractivity contribution in [3.05, 3.63) is 0 Å². The number of hydrogen-bond donors (Lipinski definition) is 1. The Kier molecular flexibility index (Phi) is 6.82. The quantitative estimate of drug-likeness (QED) is 0.815. The number of carboxylic acid groups (broad SMARTS) is 1. The van der Waals surface area contributed by atoms with Crippen LogP contribution < -0.4 is 0 Å². The zero-order valence-electron chi connectivity index (χ0n) is 13.0. The average molecular weight is 284 g/mol. The molecule has 0 aromatic carbocycles. The second-order valence-electron chi connectivity index (χ2n) is 5.98. The van der Waals surface area contributed by atoms with Crippen molar-refractivity contribution < 1.29 is 14.7 Å². The lowest BCUT2D eigenvalue weighted by atomic mass is 9.85. The molecule has 2 atom stereocenters. The summed E-state index contributed by atoms with van der Waals surface area (Å²) in [5.41, 5.74) is 0. The lowest BCUT2D eigenvalue weighted by molar-refractivity contribution is -0.138. The zero-order valence-corrected chi connectivity index (χ0v) is 13.0. The van der Waals surface area contributed by atoms with Crippen LogP contribution in [0.15, 0.2) is 0 Å². The summed E-state index contributed by atoms with van der Waals surface area (Å²) in [6.45, 7) is 6.38. The maximum absolute atomic E-state index is 12.3. The van der Waals surface area contributed by atoms with Crippen LogP contribution in [0.3, 0.4) is 0 Å². The van der Waals surface area contributed by atoms with Gasteiger partial charge < -0.3 is 14.9 Å². The topological polar surface area (TPSA) is 60.9 Å². The number of likely N-dealkylation sites (tertiary alicyclic amines) is 1. The molecule has 0 saturated carbocycles. The van der Waals surface area contributed by atoms with E-state index in [9.17, 15) is 9.59 Å². The van der Waals surface area contributed by atoms with Crippen molar-refractivity contribution in [2.45, 2.75) is 46.0 Å². The Morgan fingerprint density at radius 1 is 1.45 bits per heavy atom. The number of rotatable bonds is 6. The van der Waals surface area contributed by atoms with Gasteiger partial charge >= 0.3 is 12.0 Å². The summed E-state index contributed by atoms with van der Waals surface area (Å²) in [5, 5.41) is 8.89. The van der Waals surface area contributed by atoms with Gasteiger partial charge in [-0.15, -0.1) is 0 Å². The van der Waals surface area contributed by atoms with Crippen molar-refractivity contribution in [1.82, 2.24) is 9.80 Å². The Labute approximate surface area is 121 Å². The predicted molar refractivity (Wildman–Crippen MR) is 78.6 cm³/mol. The number of hydrogen-bond acceptors (Lipinski definition) is 2. The average Bonchev–Trinajstić information content (AvgIpc) is 2.43. The molecule has 2 unspecified atom stereocenters. The third-order valence-electron chi connectivity index (χ3n) is 4.20. The molecule has 1 N–H and O–H groups in total. The van der Waals surface area contributed by atoms with Gasteiger partial charge in [-0.25, -0.2) is 4.79 Å². The van der Waals surface area contributed by atoms with E-state index in [0.29, 0.717) is 12.5 Å². The first-order chi connectivity index (χ1) is 9.45. The van der Waals surface area contributed by atoms with Crippen molar-refractivity contribution >= 4 is 12.0 Å². The summed E-state index contributed by atoms with van der Waals surface area (Å²) in [5.74, 6) is -0.312. The van der Waals surface area contributed by atoms with E-state index >= 15 is 0 Å². The van der Waals surface area contributed by atoms with E-state index in [-0.39, 0.29) is 18.4 Å². The van der Waals surface area contributed by atoms with E-state index in [1.165, 1.54) is 0 Å². The molecule has 1 aliphatic heterocycles. The van der Waals surface area contributed by atoms with Crippen LogP contribution in [0.2, 0.25) is 0 Å². The normalized spacial score (nSPS) is 20.6. The highest BCUT2D eigenvalue weighted by Crippen LogP contribution is 2.26. The lowest BCUT2D eigenvalue weighted by Gasteiger charge is -2.37. The molecule has 5 nitrogen and oxygen atoms in total. The first kappa shape index (κ1) is 16.8. The molecule has 20 heavy (non-hydrogen) atoms. The predicted octanol–water partition coefficient (Wildman–Crippen LogP) is 2.66. The van der Waals surface area contributed by atoms with Gasteiger partial charge in [0.05, 0.1) is 0 Å². The summed E-state index contributed by atoms with van der Waals surface area (Å²) in [6.07, 6.45) is 4.29. The molecule has 116 valence electrons. The van der Waals surface area contributed by atoms with E-state index in [1.807, 2.05) is 18.9 Å². The SMILES string of the molecule is CCCCN(C)C(=O)N1CCCC(C(C)CC(=O)O)C1. The largest absolute Gasteiger partial charge is 0.481 e. The number of nitrogens with zero attached hydrogens (tertiary/aromatic N) is 2. The third-order valence-corrected chi connectivity index (χ3v) is 4.20. The molecule has 1 aliphatic rings. The minimum atomic E-state index is -0.749. The van der Waals surface area contributed by atoms with Gasteiger partial charge in [-0.05, 0) is 31.1 Å². The number of carbonyl (C=O) groups excluding carboxylic acids is 1. The lowest BCUT2D eigenvalue weighted by Crippen LogP contribution is -2.47. The molecule has 2 amide bonds. The van der Waals surface area contributed by atoms with Crippen LogP contribution in [-0.4, -0.2) is 53.6 Å². The summed E-state index contributed by atoms with van der Waals surface area (Å²) in [7, 11) is 1.85. The van der Waals surface area contributed by atoms with Crippen molar-refractivity contribution in [2.75, 3.05) is 26.7 Å². The molecule has 1 saturated heterocycles. The molecule has 5 heteroatoms. The van der Waals surface area contributed by atoms with E-state index < -0.39 is 5.97 Å². The molecule has 0 bridgehead atoms. The maximum atomic E-state index is 12.3. The van der Waals surface area contributed by atoms with Crippen LogP contribution >= 0.6 is 0 Å². The number of unbranched alkanes of at least 4 members (excludes halogenated alkanes) is 1.